The van der Waals surface area contributed by atoms with E-state index < -0.39 is 0 Å². The van der Waals surface area contributed by atoms with Crippen molar-refractivity contribution in [2.45, 2.75) is 13.0 Å². The summed E-state index contributed by atoms with van der Waals surface area (Å²) in [7, 11) is 0. The van der Waals surface area contributed by atoms with Crippen LogP contribution in [0.4, 0.5) is 0 Å². The predicted molar refractivity (Wildman–Crippen MR) is 45.4 cm³/mol. The summed E-state index contributed by atoms with van der Waals surface area (Å²) in [4.78, 5) is 0. The van der Waals surface area contributed by atoms with Crippen molar-refractivity contribution < 1.29 is 0 Å². The van der Waals surface area contributed by atoms with E-state index in [0.717, 1.165) is 5.92 Å². The SMILES string of the molecule is c1ccn(C[C@@H]2CCNC2)c1. The summed E-state index contributed by atoms with van der Waals surface area (Å²) >= 11 is 0. The standard InChI is InChI=1S/C9H14N2/c1-2-6-11(5-1)8-9-3-4-10-7-9/h1-2,5-6,9-10H,3-4,7-8H2/t9-/m1/s1. The maximum absolute atomic E-state index is 3.37. The van der Waals surface area contributed by atoms with E-state index in [1.807, 2.05) is 0 Å². The second-order valence-electron chi connectivity index (χ2n) is 3.24. The number of hydrogen-bond acceptors (Lipinski definition) is 1. The second kappa shape index (κ2) is 3.09. The lowest BCUT2D eigenvalue weighted by Crippen LogP contribution is -2.13. The first-order chi connectivity index (χ1) is 5.45. The van der Waals surface area contributed by atoms with Crippen molar-refractivity contribution in [3.63, 3.8) is 0 Å². The van der Waals surface area contributed by atoms with E-state index in [1.54, 1.807) is 0 Å². The minimum Gasteiger partial charge on any atom is -0.354 e. The molecule has 1 saturated heterocycles. The van der Waals surface area contributed by atoms with E-state index in [1.165, 1.54) is 26.1 Å². The van der Waals surface area contributed by atoms with Gasteiger partial charge in [0, 0.05) is 18.9 Å². The third-order valence-corrected chi connectivity index (χ3v) is 2.30. The van der Waals surface area contributed by atoms with Gasteiger partial charge >= 0.3 is 0 Å². The zero-order valence-corrected chi connectivity index (χ0v) is 6.66. The fourth-order valence-corrected chi connectivity index (χ4v) is 1.66. The molecule has 2 rings (SSSR count). The quantitative estimate of drug-likeness (QED) is 0.668. The summed E-state index contributed by atoms with van der Waals surface area (Å²) in [5, 5.41) is 3.37. The van der Waals surface area contributed by atoms with Crippen LogP contribution in [0.25, 0.3) is 0 Å². The van der Waals surface area contributed by atoms with Gasteiger partial charge in [-0.05, 0) is 37.6 Å². The van der Waals surface area contributed by atoms with Gasteiger partial charge in [0.15, 0.2) is 0 Å². The lowest BCUT2D eigenvalue weighted by atomic mass is 10.1. The van der Waals surface area contributed by atoms with Gasteiger partial charge in [0.05, 0.1) is 0 Å². The maximum Gasteiger partial charge on any atom is 0.0260 e. The van der Waals surface area contributed by atoms with Gasteiger partial charge in [-0.25, -0.2) is 0 Å². The highest BCUT2D eigenvalue weighted by Gasteiger charge is 2.13. The fourth-order valence-electron chi connectivity index (χ4n) is 1.66. The Hall–Kier alpha value is -0.760. The average Bonchev–Trinajstić information content (AvgIpc) is 2.60. The minimum atomic E-state index is 0.849. The molecule has 1 aliphatic heterocycles. The van der Waals surface area contributed by atoms with Gasteiger partial charge in [-0.15, -0.1) is 0 Å². The predicted octanol–water partition coefficient (Wildman–Crippen LogP) is 1.10. The van der Waals surface area contributed by atoms with Crippen molar-refractivity contribution >= 4 is 0 Å². The third-order valence-electron chi connectivity index (χ3n) is 2.30. The van der Waals surface area contributed by atoms with Crippen molar-refractivity contribution in [1.29, 1.82) is 0 Å². The summed E-state index contributed by atoms with van der Waals surface area (Å²) in [6.45, 7) is 3.57. The van der Waals surface area contributed by atoms with Crippen LogP contribution in [-0.4, -0.2) is 17.7 Å². The Kier molecular flexibility index (Phi) is 1.95. The van der Waals surface area contributed by atoms with Gasteiger partial charge < -0.3 is 9.88 Å². The van der Waals surface area contributed by atoms with Crippen molar-refractivity contribution in [3.8, 4) is 0 Å². The molecule has 1 N–H and O–H groups in total. The molecule has 0 unspecified atom stereocenters. The molecule has 1 atom stereocenters. The summed E-state index contributed by atoms with van der Waals surface area (Å²) in [6, 6.07) is 4.17. The summed E-state index contributed by atoms with van der Waals surface area (Å²) < 4.78 is 2.26. The van der Waals surface area contributed by atoms with Crippen LogP contribution in [0.1, 0.15) is 6.42 Å². The number of aromatic nitrogens is 1. The van der Waals surface area contributed by atoms with Gasteiger partial charge in [0.25, 0.3) is 0 Å². The fraction of sp³-hybridized carbons (Fsp3) is 0.556. The molecule has 1 aromatic rings. The van der Waals surface area contributed by atoms with Crippen LogP contribution in [0.2, 0.25) is 0 Å². The molecule has 1 aliphatic rings. The molecule has 1 aromatic heterocycles. The summed E-state index contributed by atoms with van der Waals surface area (Å²) in [6.07, 6.45) is 5.61. The summed E-state index contributed by atoms with van der Waals surface area (Å²) in [5.74, 6) is 0.849. The molecule has 0 aromatic carbocycles. The Morgan fingerprint density at radius 1 is 1.36 bits per heavy atom. The Morgan fingerprint density at radius 3 is 2.82 bits per heavy atom. The van der Waals surface area contributed by atoms with Crippen molar-refractivity contribution in [1.82, 2.24) is 9.88 Å². The molecule has 60 valence electrons. The van der Waals surface area contributed by atoms with Crippen molar-refractivity contribution in [2.75, 3.05) is 13.1 Å². The number of rotatable bonds is 2. The van der Waals surface area contributed by atoms with E-state index in [0.29, 0.717) is 0 Å². The highest BCUT2D eigenvalue weighted by Crippen LogP contribution is 2.09. The molecule has 2 heteroatoms. The first-order valence-corrected chi connectivity index (χ1v) is 4.26. The molecule has 0 radical (unpaired) electrons. The molecule has 11 heavy (non-hydrogen) atoms. The zero-order valence-electron chi connectivity index (χ0n) is 6.66. The molecule has 0 spiro atoms. The van der Waals surface area contributed by atoms with Crippen LogP contribution in [0.5, 0.6) is 0 Å². The maximum atomic E-state index is 3.37. The van der Waals surface area contributed by atoms with E-state index in [2.05, 4.69) is 34.4 Å². The van der Waals surface area contributed by atoms with Crippen LogP contribution >= 0.6 is 0 Å². The zero-order chi connectivity index (χ0) is 7.52. The van der Waals surface area contributed by atoms with Crippen LogP contribution in [0.3, 0.4) is 0 Å². The molecule has 2 nitrogen and oxygen atoms in total. The van der Waals surface area contributed by atoms with Gasteiger partial charge in [-0.1, -0.05) is 0 Å². The van der Waals surface area contributed by atoms with Gasteiger partial charge in [-0.2, -0.15) is 0 Å². The van der Waals surface area contributed by atoms with E-state index in [9.17, 15) is 0 Å². The van der Waals surface area contributed by atoms with Crippen LogP contribution in [0.15, 0.2) is 24.5 Å². The van der Waals surface area contributed by atoms with Crippen LogP contribution in [-0.2, 0) is 6.54 Å². The molecule has 0 amide bonds. The topological polar surface area (TPSA) is 17.0 Å². The second-order valence-corrected chi connectivity index (χ2v) is 3.24. The third kappa shape index (κ3) is 1.63. The van der Waals surface area contributed by atoms with Crippen LogP contribution in [0, 0.1) is 5.92 Å². The first kappa shape index (κ1) is 6.92. The average molecular weight is 150 g/mol. The molecular weight excluding hydrogens is 136 g/mol. The number of nitrogens with one attached hydrogen (secondary N) is 1. The monoisotopic (exact) mass is 150 g/mol. The largest absolute Gasteiger partial charge is 0.354 e. The Balaban J connectivity index is 1.90. The Bertz CT molecular complexity index is 197. The molecular formula is C9H14N2. The Labute approximate surface area is 67.2 Å². The smallest absolute Gasteiger partial charge is 0.0260 e. The molecule has 0 bridgehead atoms. The van der Waals surface area contributed by atoms with Crippen molar-refractivity contribution in [3.05, 3.63) is 24.5 Å². The molecule has 0 saturated carbocycles. The first-order valence-electron chi connectivity index (χ1n) is 4.26. The highest BCUT2D eigenvalue weighted by molar-refractivity contribution is 4.91. The minimum absolute atomic E-state index is 0.849. The van der Waals surface area contributed by atoms with Gasteiger partial charge in [-0.3, -0.25) is 0 Å². The molecule has 0 aliphatic carbocycles. The lowest BCUT2D eigenvalue weighted by molar-refractivity contribution is 0.483. The number of nitrogens with zero attached hydrogens (tertiary/aromatic N) is 1. The molecule has 2 heterocycles. The summed E-state index contributed by atoms with van der Waals surface area (Å²) in [5.41, 5.74) is 0. The van der Waals surface area contributed by atoms with Gasteiger partial charge in [0.2, 0.25) is 0 Å². The number of hydrogen-bond donors (Lipinski definition) is 1. The van der Waals surface area contributed by atoms with E-state index >= 15 is 0 Å². The lowest BCUT2D eigenvalue weighted by Gasteiger charge is -2.08. The van der Waals surface area contributed by atoms with E-state index in [-0.39, 0.29) is 0 Å². The van der Waals surface area contributed by atoms with E-state index in [4.69, 9.17) is 0 Å². The molecule has 1 fully saturated rings. The van der Waals surface area contributed by atoms with Crippen molar-refractivity contribution in [2.24, 2.45) is 5.92 Å². The highest BCUT2D eigenvalue weighted by atomic mass is 15.0. The Morgan fingerprint density at radius 2 is 2.18 bits per heavy atom. The van der Waals surface area contributed by atoms with Crippen LogP contribution < -0.4 is 5.32 Å². The van der Waals surface area contributed by atoms with Gasteiger partial charge in [0.1, 0.15) is 0 Å². The normalized spacial score (nSPS) is 24.2.